The zero-order valence-corrected chi connectivity index (χ0v) is 11.9. The molecule has 0 radical (unpaired) electrons. The highest BCUT2D eigenvalue weighted by molar-refractivity contribution is 9.10. The normalized spacial score (nSPS) is 21.9. The molecule has 2 heterocycles. The molecule has 17 heavy (non-hydrogen) atoms. The van der Waals surface area contributed by atoms with Gasteiger partial charge in [0.25, 0.3) is 0 Å². The van der Waals surface area contributed by atoms with Gasteiger partial charge in [-0.1, -0.05) is 0 Å². The quantitative estimate of drug-likeness (QED) is 0.835. The van der Waals surface area contributed by atoms with Gasteiger partial charge in [0.05, 0.1) is 18.1 Å². The van der Waals surface area contributed by atoms with Crippen LogP contribution in [0.15, 0.2) is 17.0 Å². The van der Waals surface area contributed by atoms with Crippen molar-refractivity contribution in [1.29, 1.82) is 0 Å². The fourth-order valence-electron chi connectivity index (χ4n) is 2.01. The Bertz CT molecular complexity index is 489. The Kier molecular flexibility index (Phi) is 3.79. The molecule has 1 aromatic rings. The van der Waals surface area contributed by atoms with E-state index in [-0.39, 0.29) is 0 Å². The van der Waals surface area contributed by atoms with Crippen LogP contribution in [-0.4, -0.2) is 42.0 Å². The van der Waals surface area contributed by atoms with Crippen molar-refractivity contribution in [2.75, 3.05) is 19.3 Å². The molecule has 0 bridgehead atoms. The van der Waals surface area contributed by atoms with Crippen LogP contribution in [0.5, 0.6) is 0 Å². The molecule has 1 aliphatic rings. The van der Waals surface area contributed by atoms with Gasteiger partial charge in [0, 0.05) is 19.3 Å². The van der Waals surface area contributed by atoms with E-state index < -0.39 is 10.0 Å². The maximum absolute atomic E-state index is 11.4. The van der Waals surface area contributed by atoms with Crippen LogP contribution in [0.2, 0.25) is 0 Å². The molecular weight excluding hydrogens is 306 g/mol. The third-order valence-corrected chi connectivity index (χ3v) is 4.57. The summed E-state index contributed by atoms with van der Waals surface area (Å²) >= 11 is 3.23. The molecule has 1 atom stereocenters. The molecule has 1 aliphatic heterocycles. The van der Waals surface area contributed by atoms with Crippen molar-refractivity contribution in [2.45, 2.75) is 12.8 Å². The number of halogens is 1. The first-order valence-corrected chi connectivity index (χ1v) is 8.01. The number of hydrogen-bond acceptors (Lipinski definition) is 4. The van der Waals surface area contributed by atoms with Crippen LogP contribution < -0.4 is 0 Å². The summed E-state index contributed by atoms with van der Waals surface area (Å²) in [4.78, 5) is 8.36. The molecule has 94 valence electrons. The molecule has 0 unspecified atom stereocenters. The minimum atomic E-state index is -3.04. The molecule has 0 saturated carbocycles. The Balaban J connectivity index is 1.96. The van der Waals surface area contributed by atoms with Crippen molar-refractivity contribution >= 4 is 26.0 Å². The van der Waals surface area contributed by atoms with Gasteiger partial charge < -0.3 is 0 Å². The third-order valence-electron chi connectivity index (χ3n) is 2.89. The lowest BCUT2D eigenvalue weighted by Crippen LogP contribution is -2.27. The second kappa shape index (κ2) is 4.99. The van der Waals surface area contributed by atoms with Gasteiger partial charge in [-0.05, 0) is 34.7 Å². The van der Waals surface area contributed by atoms with Crippen molar-refractivity contribution in [3.05, 3.63) is 22.7 Å². The van der Waals surface area contributed by atoms with Crippen LogP contribution in [0, 0.1) is 5.92 Å². The summed E-state index contributed by atoms with van der Waals surface area (Å²) in [6.07, 6.45) is 6.33. The van der Waals surface area contributed by atoms with Crippen molar-refractivity contribution in [2.24, 2.45) is 5.92 Å². The predicted molar refractivity (Wildman–Crippen MR) is 68.0 cm³/mol. The summed E-state index contributed by atoms with van der Waals surface area (Å²) in [5.74, 6) is 0.347. The van der Waals surface area contributed by atoms with E-state index in [4.69, 9.17) is 0 Å². The summed E-state index contributed by atoms with van der Waals surface area (Å²) < 4.78 is 25.0. The number of nitrogens with zero attached hydrogens (tertiary/aromatic N) is 3. The minimum absolute atomic E-state index is 0.347. The predicted octanol–water partition coefficient (Wildman–Crippen LogP) is 1.06. The fraction of sp³-hybridized carbons (Fsp3) is 0.600. The Morgan fingerprint density at radius 3 is 2.76 bits per heavy atom. The second-order valence-electron chi connectivity index (χ2n) is 4.31. The van der Waals surface area contributed by atoms with E-state index >= 15 is 0 Å². The lowest BCUT2D eigenvalue weighted by atomic mass is 10.0. The van der Waals surface area contributed by atoms with Gasteiger partial charge in [-0.3, -0.25) is 4.98 Å². The third kappa shape index (κ3) is 3.46. The first-order valence-electron chi connectivity index (χ1n) is 5.36. The highest BCUT2D eigenvalue weighted by Gasteiger charge is 2.28. The van der Waals surface area contributed by atoms with Gasteiger partial charge in [0.15, 0.2) is 0 Å². The van der Waals surface area contributed by atoms with Crippen LogP contribution >= 0.6 is 15.9 Å². The Labute approximate surface area is 109 Å². The Morgan fingerprint density at radius 2 is 2.24 bits per heavy atom. The van der Waals surface area contributed by atoms with E-state index in [1.54, 1.807) is 12.4 Å². The summed E-state index contributed by atoms with van der Waals surface area (Å²) in [6, 6.07) is 0. The maximum Gasteiger partial charge on any atom is 0.211 e. The van der Waals surface area contributed by atoms with Crippen molar-refractivity contribution in [1.82, 2.24) is 14.3 Å². The fourth-order valence-corrected chi connectivity index (χ4v) is 3.13. The molecule has 1 fully saturated rings. The van der Waals surface area contributed by atoms with Gasteiger partial charge in [-0.2, -0.15) is 0 Å². The number of hydrogen-bond donors (Lipinski definition) is 0. The van der Waals surface area contributed by atoms with Gasteiger partial charge in [0.1, 0.15) is 4.60 Å². The summed E-state index contributed by atoms with van der Waals surface area (Å²) in [5.41, 5.74) is 0.911. The van der Waals surface area contributed by atoms with E-state index in [0.29, 0.717) is 23.6 Å². The average molecular weight is 320 g/mol. The van der Waals surface area contributed by atoms with Crippen LogP contribution in [0.3, 0.4) is 0 Å². The molecule has 0 aromatic carbocycles. The van der Waals surface area contributed by atoms with E-state index in [0.717, 1.165) is 18.5 Å². The van der Waals surface area contributed by atoms with Crippen molar-refractivity contribution in [3.63, 3.8) is 0 Å². The second-order valence-corrected chi connectivity index (χ2v) is 7.11. The molecule has 0 aliphatic carbocycles. The summed E-state index contributed by atoms with van der Waals surface area (Å²) in [6.45, 7) is 1.21. The van der Waals surface area contributed by atoms with E-state index in [1.165, 1.54) is 10.6 Å². The Hall–Kier alpha value is -0.530. The van der Waals surface area contributed by atoms with Gasteiger partial charge in [0.2, 0.25) is 10.0 Å². The van der Waals surface area contributed by atoms with Gasteiger partial charge in [-0.15, -0.1) is 0 Å². The van der Waals surface area contributed by atoms with Crippen LogP contribution in [-0.2, 0) is 16.4 Å². The van der Waals surface area contributed by atoms with E-state index in [9.17, 15) is 8.42 Å². The van der Waals surface area contributed by atoms with Gasteiger partial charge >= 0.3 is 0 Å². The summed E-state index contributed by atoms with van der Waals surface area (Å²) in [5, 5.41) is 0. The Morgan fingerprint density at radius 1 is 1.47 bits per heavy atom. The van der Waals surface area contributed by atoms with Crippen LogP contribution in [0.1, 0.15) is 12.1 Å². The van der Waals surface area contributed by atoms with Crippen LogP contribution in [0.4, 0.5) is 0 Å². The van der Waals surface area contributed by atoms with Crippen molar-refractivity contribution in [3.8, 4) is 0 Å². The zero-order chi connectivity index (χ0) is 12.5. The highest BCUT2D eigenvalue weighted by Crippen LogP contribution is 2.21. The summed E-state index contributed by atoms with van der Waals surface area (Å²) in [7, 11) is -3.04. The van der Waals surface area contributed by atoms with Gasteiger partial charge in [-0.25, -0.2) is 17.7 Å². The molecule has 5 nitrogen and oxygen atoms in total. The zero-order valence-electron chi connectivity index (χ0n) is 9.50. The number of sulfonamides is 1. The van der Waals surface area contributed by atoms with E-state index in [2.05, 4.69) is 25.9 Å². The smallest absolute Gasteiger partial charge is 0.211 e. The van der Waals surface area contributed by atoms with Crippen molar-refractivity contribution < 1.29 is 8.42 Å². The first kappa shape index (κ1) is 12.9. The SMILES string of the molecule is CS(=O)(=O)N1CC[C@@H](Cc2cnc(Br)cn2)C1. The lowest BCUT2D eigenvalue weighted by Gasteiger charge is -2.12. The maximum atomic E-state index is 11.4. The average Bonchev–Trinajstić information content (AvgIpc) is 2.69. The molecule has 1 saturated heterocycles. The lowest BCUT2D eigenvalue weighted by molar-refractivity contribution is 0.459. The number of rotatable bonds is 3. The minimum Gasteiger partial charge on any atom is -0.257 e. The number of aromatic nitrogens is 2. The highest BCUT2D eigenvalue weighted by atomic mass is 79.9. The molecule has 7 heteroatoms. The molecule has 1 aromatic heterocycles. The van der Waals surface area contributed by atoms with E-state index in [1.807, 2.05) is 0 Å². The van der Waals surface area contributed by atoms with Crippen LogP contribution in [0.25, 0.3) is 0 Å². The molecular formula is C10H14BrN3O2S. The molecule has 0 amide bonds. The monoisotopic (exact) mass is 319 g/mol. The molecule has 0 N–H and O–H groups in total. The largest absolute Gasteiger partial charge is 0.257 e. The standard InChI is InChI=1S/C10H14BrN3O2S/c1-17(15,16)14-3-2-8(7-14)4-9-5-13-10(11)6-12-9/h5-6,8H,2-4,7H2,1H3/t8-/m0/s1. The molecule has 0 spiro atoms. The molecule has 2 rings (SSSR count). The topological polar surface area (TPSA) is 63.2 Å². The first-order chi connectivity index (χ1) is 7.95.